The molecule has 3 aromatic rings. The van der Waals surface area contributed by atoms with E-state index in [4.69, 9.17) is 0 Å². The van der Waals surface area contributed by atoms with Crippen molar-refractivity contribution in [3.8, 4) is 11.1 Å². The fourth-order valence-electron chi connectivity index (χ4n) is 3.31. The van der Waals surface area contributed by atoms with Gasteiger partial charge in [0.25, 0.3) is 0 Å². The summed E-state index contributed by atoms with van der Waals surface area (Å²) in [6.07, 6.45) is 0. The first kappa shape index (κ1) is 19.6. The molecule has 3 aromatic carbocycles. The summed E-state index contributed by atoms with van der Waals surface area (Å²) in [5, 5.41) is 18.6. The van der Waals surface area contributed by atoms with Gasteiger partial charge >= 0.3 is 7.12 Å². The van der Waals surface area contributed by atoms with E-state index in [9.17, 15) is 10.0 Å². The summed E-state index contributed by atoms with van der Waals surface area (Å²) in [5.41, 5.74) is 5.36. The maximum Gasteiger partial charge on any atom is 0.488 e. The number of hydrogen-bond acceptors (Lipinski definition) is 2. The Bertz CT molecular complexity index is 903. The van der Waals surface area contributed by atoms with E-state index >= 15 is 0 Å². The Kier molecular flexibility index (Phi) is 5.92. The summed E-state index contributed by atoms with van der Waals surface area (Å²) in [6.45, 7) is 4.34. The highest BCUT2D eigenvalue weighted by Crippen LogP contribution is 2.47. The zero-order valence-corrected chi connectivity index (χ0v) is 18.3. The van der Waals surface area contributed by atoms with Gasteiger partial charge in [-0.15, -0.1) is 0 Å². The minimum atomic E-state index is -1.41. The predicted octanol–water partition coefficient (Wildman–Crippen LogP) is 4.73. The number of halogens is 2. The van der Waals surface area contributed by atoms with Gasteiger partial charge in [-0.3, -0.25) is 0 Å². The molecule has 26 heavy (non-hydrogen) atoms. The normalized spacial score (nSPS) is 13.3. The van der Waals surface area contributed by atoms with Crippen molar-refractivity contribution in [2.24, 2.45) is 0 Å². The molecule has 0 unspecified atom stereocenters. The lowest BCUT2D eigenvalue weighted by Gasteiger charge is -2.21. The molecular formula is C21H19BBrIO2. The minimum absolute atomic E-state index is 0.0865. The van der Waals surface area contributed by atoms with Gasteiger partial charge in [-0.05, 0) is 74.6 Å². The molecule has 0 radical (unpaired) electrons. The molecule has 1 aliphatic carbocycles. The van der Waals surface area contributed by atoms with E-state index < -0.39 is 7.12 Å². The second kappa shape index (κ2) is 7.84. The lowest BCUT2D eigenvalue weighted by Crippen LogP contribution is -2.31. The molecule has 2 nitrogen and oxygen atoms in total. The molecule has 0 bridgehead atoms. The van der Waals surface area contributed by atoms with Crippen molar-refractivity contribution >= 4 is 51.1 Å². The summed E-state index contributed by atoms with van der Waals surface area (Å²) in [5.74, 6) is 0. The Hall–Kier alpha value is -1.15. The molecule has 0 amide bonds. The Morgan fingerprint density at radius 3 is 2.08 bits per heavy atom. The SMILES string of the molecule is Brc1ccc(I)cc1.CC1(C)c2ccccc2-c2ccc(B(O)O)cc21. The molecule has 0 aromatic heterocycles. The van der Waals surface area contributed by atoms with Crippen molar-refractivity contribution in [2.75, 3.05) is 0 Å². The summed E-state index contributed by atoms with van der Waals surface area (Å²) in [6, 6.07) is 22.2. The van der Waals surface area contributed by atoms with Gasteiger partial charge in [-0.2, -0.15) is 0 Å². The first-order valence-electron chi connectivity index (χ1n) is 8.32. The van der Waals surface area contributed by atoms with Gasteiger partial charge < -0.3 is 10.0 Å². The highest BCUT2D eigenvalue weighted by atomic mass is 127. The first-order chi connectivity index (χ1) is 12.3. The molecule has 0 spiro atoms. The average Bonchev–Trinajstić information content (AvgIpc) is 2.86. The van der Waals surface area contributed by atoms with Gasteiger partial charge in [-0.1, -0.05) is 72.2 Å². The van der Waals surface area contributed by atoms with Gasteiger partial charge in [0.05, 0.1) is 0 Å². The lowest BCUT2D eigenvalue weighted by molar-refractivity contribution is 0.425. The van der Waals surface area contributed by atoms with Gasteiger partial charge in [-0.25, -0.2) is 0 Å². The molecule has 0 saturated heterocycles. The summed E-state index contributed by atoms with van der Waals surface area (Å²) in [4.78, 5) is 0. The Morgan fingerprint density at radius 2 is 1.46 bits per heavy atom. The number of rotatable bonds is 1. The van der Waals surface area contributed by atoms with E-state index in [1.807, 2.05) is 36.4 Å². The zero-order valence-electron chi connectivity index (χ0n) is 14.6. The van der Waals surface area contributed by atoms with Crippen molar-refractivity contribution in [1.82, 2.24) is 0 Å². The van der Waals surface area contributed by atoms with Crippen LogP contribution in [-0.4, -0.2) is 17.2 Å². The van der Waals surface area contributed by atoms with Crippen molar-refractivity contribution in [1.29, 1.82) is 0 Å². The smallest absolute Gasteiger partial charge is 0.423 e. The standard InChI is InChI=1S/C15H15BO2.C6H4BrI/c1-15(2)13-6-4-3-5-11(13)12-8-7-10(16(17)18)9-14(12)15;7-5-1-3-6(8)4-2-5/h3-9,17-18H,1-2H3;1-4H. The van der Waals surface area contributed by atoms with E-state index in [0.717, 1.165) is 10.0 Å². The molecule has 0 aliphatic heterocycles. The third kappa shape index (κ3) is 3.91. The van der Waals surface area contributed by atoms with Gasteiger partial charge in [0, 0.05) is 13.5 Å². The van der Waals surface area contributed by atoms with Crippen molar-refractivity contribution in [3.05, 3.63) is 85.9 Å². The van der Waals surface area contributed by atoms with Gasteiger partial charge in [0.2, 0.25) is 0 Å². The Labute approximate surface area is 176 Å². The highest BCUT2D eigenvalue weighted by Gasteiger charge is 2.35. The van der Waals surface area contributed by atoms with Crippen molar-refractivity contribution in [2.45, 2.75) is 19.3 Å². The molecule has 1 aliphatic rings. The molecule has 4 rings (SSSR count). The largest absolute Gasteiger partial charge is 0.488 e. The maximum atomic E-state index is 9.30. The van der Waals surface area contributed by atoms with Crippen molar-refractivity contribution < 1.29 is 10.0 Å². The molecule has 0 fully saturated rings. The summed E-state index contributed by atoms with van der Waals surface area (Å²) >= 11 is 5.62. The van der Waals surface area contributed by atoms with E-state index in [-0.39, 0.29) is 5.41 Å². The predicted molar refractivity (Wildman–Crippen MR) is 121 cm³/mol. The van der Waals surface area contributed by atoms with Crippen LogP contribution in [0.15, 0.2) is 71.2 Å². The maximum absolute atomic E-state index is 9.30. The summed E-state index contributed by atoms with van der Waals surface area (Å²) < 4.78 is 2.41. The van der Waals surface area contributed by atoms with Crippen LogP contribution in [0.5, 0.6) is 0 Å². The van der Waals surface area contributed by atoms with Gasteiger partial charge in [0.15, 0.2) is 0 Å². The monoisotopic (exact) mass is 520 g/mol. The van der Waals surface area contributed by atoms with Crippen LogP contribution in [0.25, 0.3) is 11.1 Å². The zero-order chi connectivity index (χ0) is 18.9. The van der Waals surface area contributed by atoms with Crippen LogP contribution in [-0.2, 0) is 5.41 Å². The first-order valence-corrected chi connectivity index (χ1v) is 10.2. The third-order valence-electron chi connectivity index (χ3n) is 4.71. The molecule has 0 atom stereocenters. The fourth-order valence-corrected chi connectivity index (χ4v) is 3.94. The van der Waals surface area contributed by atoms with Crippen LogP contribution in [0, 0.1) is 3.57 Å². The van der Waals surface area contributed by atoms with E-state index in [1.54, 1.807) is 6.07 Å². The second-order valence-corrected chi connectivity index (χ2v) is 8.95. The minimum Gasteiger partial charge on any atom is -0.423 e. The molecule has 132 valence electrons. The van der Waals surface area contributed by atoms with Crippen LogP contribution in [0.3, 0.4) is 0 Å². The van der Waals surface area contributed by atoms with Crippen molar-refractivity contribution in [3.63, 3.8) is 0 Å². The van der Waals surface area contributed by atoms with E-state index in [2.05, 4.69) is 76.6 Å². The Balaban J connectivity index is 0.000000206. The van der Waals surface area contributed by atoms with Crippen LogP contribution in [0.2, 0.25) is 0 Å². The Morgan fingerprint density at radius 1 is 0.846 bits per heavy atom. The number of hydrogen-bond donors (Lipinski definition) is 2. The molecule has 2 N–H and O–H groups in total. The molecule has 5 heteroatoms. The van der Waals surface area contributed by atoms with Crippen LogP contribution in [0.1, 0.15) is 25.0 Å². The van der Waals surface area contributed by atoms with E-state index in [0.29, 0.717) is 5.46 Å². The summed E-state index contributed by atoms with van der Waals surface area (Å²) in [7, 11) is -1.41. The van der Waals surface area contributed by atoms with Crippen LogP contribution < -0.4 is 5.46 Å². The third-order valence-corrected chi connectivity index (χ3v) is 5.96. The van der Waals surface area contributed by atoms with E-state index in [1.165, 1.54) is 20.3 Å². The van der Waals surface area contributed by atoms with Gasteiger partial charge in [0.1, 0.15) is 0 Å². The number of fused-ring (bicyclic) bond motifs is 3. The van der Waals surface area contributed by atoms with Crippen LogP contribution >= 0.6 is 38.5 Å². The average molecular weight is 521 g/mol. The quantitative estimate of drug-likeness (QED) is 0.360. The second-order valence-electron chi connectivity index (χ2n) is 6.79. The topological polar surface area (TPSA) is 40.5 Å². The number of benzene rings is 3. The van der Waals surface area contributed by atoms with Crippen LogP contribution in [0.4, 0.5) is 0 Å². The molecule has 0 saturated carbocycles. The lowest BCUT2D eigenvalue weighted by atomic mass is 9.75. The molecule has 0 heterocycles. The fraction of sp³-hybridized carbons (Fsp3) is 0.143. The molecular weight excluding hydrogens is 502 g/mol. The highest BCUT2D eigenvalue weighted by molar-refractivity contribution is 14.1.